The van der Waals surface area contributed by atoms with E-state index < -0.39 is 12.1 Å². The van der Waals surface area contributed by atoms with E-state index in [2.05, 4.69) is 5.32 Å². The lowest BCUT2D eigenvalue weighted by atomic mass is 10.0. The molecule has 0 aliphatic carbocycles. The first-order chi connectivity index (χ1) is 9.61. The molecule has 1 atom stereocenters. The normalized spacial score (nSPS) is 12.1. The van der Waals surface area contributed by atoms with Gasteiger partial charge in [-0.2, -0.15) is 11.3 Å². The Labute approximate surface area is 125 Å². The standard InChI is InChI=1S/C14H14ClNO3S/c15-6-11(17)7-16-13-5-9(10-3-4-20-8-10)1-2-12(13)14(18)19/h1-5,8,11,16-17H,6-7H2,(H,18,19). The van der Waals surface area contributed by atoms with Gasteiger partial charge in [0, 0.05) is 12.2 Å². The maximum Gasteiger partial charge on any atom is 0.337 e. The third-order valence-corrected chi connectivity index (χ3v) is 3.85. The zero-order chi connectivity index (χ0) is 14.5. The van der Waals surface area contributed by atoms with Crippen molar-refractivity contribution in [2.45, 2.75) is 6.10 Å². The number of hydrogen-bond donors (Lipinski definition) is 3. The van der Waals surface area contributed by atoms with Gasteiger partial charge in [-0.05, 0) is 40.1 Å². The molecular weight excluding hydrogens is 298 g/mol. The average Bonchev–Trinajstić information content (AvgIpc) is 2.98. The second kappa shape index (κ2) is 6.74. The number of thiophene rings is 1. The summed E-state index contributed by atoms with van der Waals surface area (Å²) in [4.78, 5) is 11.2. The van der Waals surface area contributed by atoms with E-state index in [-0.39, 0.29) is 18.0 Å². The van der Waals surface area contributed by atoms with Crippen LogP contribution in [0.15, 0.2) is 35.0 Å². The molecule has 2 rings (SSSR count). The second-order valence-corrected chi connectivity index (χ2v) is 5.36. The highest BCUT2D eigenvalue weighted by Gasteiger charge is 2.12. The van der Waals surface area contributed by atoms with E-state index in [1.807, 2.05) is 16.8 Å². The molecule has 20 heavy (non-hydrogen) atoms. The summed E-state index contributed by atoms with van der Waals surface area (Å²) in [5, 5.41) is 25.5. The molecule has 0 aliphatic rings. The van der Waals surface area contributed by atoms with Crippen molar-refractivity contribution in [3.8, 4) is 11.1 Å². The summed E-state index contributed by atoms with van der Waals surface area (Å²) >= 11 is 7.11. The topological polar surface area (TPSA) is 69.6 Å². The molecule has 106 valence electrons. The van der Waals surface area contributed by atoms with Crippen LogP contribution in [0.5, 0.6) is 0 Å². The van der Waals surface area contributed by atoms with Gasteiger partial charge in [-0.3, -0.25) is 0 Å². The maximum absolute atomic E-state index is 11.2. The van der Waals surface area contributed by atoms with E-state index in [9.17, 15) is 15.0 Å². The summed E-state index contributed by atoms with van der Waals surface area (Å²) in [6, 6.07) is 7.07. The summed E-state index contributed by atoms with van der Waals surface area (Å²) < 4.78 is 0. The van der Waals surface area contributed by atoms with Crippen LogP contribution in [-0.2, 0) is 0 Å². The molecule has 0 amide bonds. The first kappa shape index (κ1) is 14.8. The Bertz CT molecular complexity index is 586. The molecule has 1 unspecified atom stereocenters. The maximum atomic E-state index is 11.2. The number of benzene rings is 1. The molecule has 0 aliphatic heterocycles. The Balaban J connectivity index is 2.30. The van der Waals surface area contributed by atoms with Crippen LogP contribution in [0.2, 0.25) is 0 Å². The fourth-order valence-corrected chi connectivity index (χ4v) is 2.54. The predicted octanol–water partition coefficient (Wildman–Crippen LogP) is 3.12. The second-order valence-electron chi connectivity index (χ2n) is 4.27. The fourth-order valence-electron chi connectivity index (χ4n) is 1.77. The lowest BCUT2D eigenvalue weighted by Crippen LogP contribution is -2.21. The van der Waals surface area contributed by atoms with Gasteiger partial charge in [0.25, 0.3) is 0 Å². The van der Waals surface area contributed by atoms with Crippen LogP contribution in [0.3, 0.4) is 0 Å². The van der Waals surface area contributed by atoms with Crippen molar-refractivity contribution in [1.82, 2.24) is 0 Å². The number of hydrogen-bond acceptors (Lipinski definition) is 4. The van der Waals surface area contributed by atoms with Crippen molar-refractivity contribution < 1.29 is 15.0 Å². The largest absolute Gasteiger partial charge is 0.478 e. The van der Waals surface area contributed by atoms with Crippen molar-refractivity contribution in [2.75, 3.05) is 17.7 Å². The number of aliphatic hydroxyl groups is 1. The number of aromatic carboxylic acids is 1. The van der Waals surface area contributed by atoms with Gasteiger partial charge in [-0.1, -0.05) is 6.07 Å². The Hall–Kier alpha value is -1.56. The number of nitrogens with one attached hydrogen (secondary N) is 1. The van der Waals surface area contributed by atoms with Gasteiger partial charge < -0.3 is 15.5 Å². The Morgan fingerprint density at radius 2 is 2.15 bits per heavy atom. The molecule has 0 fully saturated rings. The van der Waals surface area contributed by atoms with Gasteiger partial charge in [-0.15, -0.1) is 11.6 Å². The number of anilines is 1. The van der Waals surface area contributed by atoms with Crippen LogP contribution in [0, 0.1) is 0 Å². The number of halogens is 1. The molecule has 1 heterocycles. The van der Waals surface area contributed by atoms with Gasteiger partial charge in [-0.25, -0.2) is 4.79 Å². The van der Waals surface area contributed by atoms with Gasteiger partial charge >= 0.3 is 5.97 Å². The van der Waals surface area contributed by atoms with Crippen LogP contribution in [-0.4, -0.2) is 34.7 Å². The van der Waals surface area contributed by atoms with Crippen molar-refractivity contribution in [3.05, 3.63) is 40.6 Å². The SMILES string of the molecule is O=C(O)c1ccc(-c2ccsc2)cc1NCC(O)CCl. The Morgan fingerprint density at radius 1 is 1.35 bits per heavy atom. The molecule has 1 aromatic heterocycles. The van der Waals surface area contributed by atoms with Gasteiger partial charge in [0.05, 0.1) is 17.5 Å². The molecule has 1 aromatic carbocycles. The third-order valence-electron chi connectivity index (χ3n) is 2.81. The van der Waals surface area contributed by atoms with Crippen molar-refractivity contribution >= 4 is 34.6 Å². The van der Waals surface area contributed by atoms with Crippen molar-refractivity contribution in [2.24, 2.45) is 0 Å². The molecule has 6 heteroatoms. The zero-order valence-electron chi connectivity index (χ0n) is 10.5. The lowest BCUT2D eigenvalue weighted by molar-refractivity contribution is 0.0697. The highest BCUT2D eigenvalue weighted by Crippen LogP contribution is 2.27. The first-order valence-electron chi connectivity index (χ1n) is 5.99. The van der Waals surface area contributed by atoms with E-state index >= 15 is 0 Å². The summed E-state index contributed by atoms with van der Waals surface area (Å²) in [6.07, 6.45) is -0.719. The lowest BCUT2D eigenvalue weighted by Gasteiger charge is -2.13. The van der Waals surface area contributed by atoms with E-state index in [0.29, 0.717) is 5.69 Å². The summed E-state index contributed by atoms with van der Waals surface area (Å²) in [5.74, 6) is -0.913. The van der Waals surface area contributed by atoms with E-state index in [1.54, 1.807) is 29.5 Å². The molecule has 0 radical (unpaired) electrons. The van der Waals surface area contributed by atoms with E-state index in [4.69, 9.17) is 11.6 Å². The monoisotopic (exact) mass is 311 g/mol. The number of carboxylic acids is 1. The number of aliphatic hydroxyl groups excluding tert-OH is 1. The molecule has 2 aromatic rings. The van der Waals surface area contributed by atoms with Crippen LogP contribution in [0.1, 0.15) is 10.4 Å². The van der Waals surface area contributed by atoms with E-state index in [1.165, 1.54) is 0 Å². The Kier molecular flexibility index (Phi) is 5.00. The third kappa shape index (κ3) is 3.50. The minimum atomic E-state index is -1.01. The molecule has 4 nitrogen and oxygen atoms in total. The van der Waals surface area contributed by atoms with Crippen LogP contribution < -0.4 is 5.32 Å². The van der Waals surface area contributed by atoms with E-state index in [0.717, 1.165) is 11.1 Å². The summed E-state index contributed by atoms with van der Waals surface area (Å²) in [6.45, 7) is 0.205. The minimum absolute atomic E-state index is 0.0969. The van der Waals surface area contributed by atoms with Crippen LogP contribution in [0.4, 0.5) is 5.69 Å². The smallest absolute Gasteiger partial charge is 0.337 e. The zero-order valence-corrected chi connectivity index (χ0v) is 12.1. The van der Waals surface area contributed by atoms with Gasteiger partial charge in [0.1, 0.15) is 0 Å². The average molecular weight is 312 g/mol. The molecule has 0 spiro atoms. The van der Waals surface area contributed by atoms with Crippen LogP contribution >= 0.6 is 22.9 Å². The highest BCUT2D eigenvalue weighted by atomic mass is 35.5. The number of rotatable bonds is 6. The van der Waals surface area contributed by atoms with Gasteiger partial charge in [0.2, 0.25) is 0 Å². The molecule has 3 N–H and O–H groups in total. The molecule has 0 bridgehead atoms. The van der Waals surface area contributed by atoms with Gasteiger partial charge in [0.15, 0.2) is 0 Å². The first-order valence-corrected chi connectivity index (χ1v) is 7.47. The number of alkyl halides is 1. The molecule has 0 saturated heterocycles. The van der Waals surface area contributed by atoms with Crippen molar-refractivity contribution in [1.29, 1.82) is 0 Å². The number of carboxylic acid groups (broad SMARTS) is 1. The summed E-state index contributed by atoms with van der Waals surface area (Å²) in [5.41, 5.74) is 2.61. The highest BCUT2D eigenvalue weighted by molar-refractivity contribution is 7.08. The Morgan fingerprint density at radius 3 is 2.75 bits per heavy atom. The molecular formula is C14H14ClNO3S. The molecule has 0 saturated carbocycles. The predicted molar refractivity (Wildman–Crippen MR) is 81.9 cm³/mol. The van der Waals surface area contributed by atoms with Crippen LogP contribution in [0.25, 0.3) is 11.1 Å². The minimum Gasteiger partial charge on any atom is -0.478 e. The fraction of sp³-hybridized carbons (Fsp3) is 0.214. The quantitative estimate of drug-likeness (QED) is 0.717. The summed E-state index contributed by atoms with van der Waals surface area (Å²) in [7, 11) is 0. The number of carbonyl (C=O) groups is 1. The van der Waals surface area contributed by atoms with Crippen molar-refractivity contribution in [3.63, 3.8) is 0 Å².